The fourth-order valence-electron chi connectivity index (χ4n) is 2.27. The Morgan fingerprint density at radius 2 is 1.79 bits per heavy atom. The summed E-state index contributed by atoms with van der Waals surface area (Å²) in [5.41, 5.74) is 3.23. The number of aryl methyl sites for hydroxylation is 2. The smallest absolute Gasteiger partial charge is 0.240 e. The first-order valence-corrected chi connectivity index (χ1v) is 9.57. The van der Waals surface area contributed by atoms with E-state index in [-0.39, 0.29) is 18.0 Å². The highest BCUT2D eigenvalue weighted by Gasteiger charge is 2.14. The van der Waals surface area contributed by atoms with Gasteiger partial charge in [-0.15, -0.1) is 0 Å². The van der Waals surface area contributed by atoms with Crippen LogP contribution in [0.25, 0.3) is 0 Å². The Bertz CT molecular complexity index is 798. The quantitative estimate of drug-likeness (QED) is 0.776. The summed E-state index contributed by atoms with van der Waals surface area (Å²) in [7, 11) is -3.51. The van der Waals surface area contributed by atoms with Gasteiger partial charge in [0.15, 0.2) is 0 Å². The Balaban J connectivity index is 1.91. The molecule has 5 heteroatoms. The van der Waals surface area contributed by atoms with Gasteiger partial charge < -0.3 is 4.74 Å². The molecule has 0 amide bonds. The molecule has 0 spiro atoms. The van der Waals surface area contributed by atoms with E-state index >= 15 is 0 Å². The van der Waals surface area contributed by atoms with Gasteiger partial charge >= 0.3 is 0 Å². The van der Waals surface area contributed by atoms with Crippen LogP contribution in [-0.2, 0) is 10.0 Å². The third-order valence-corrected chi connectivity index (χ3v) is 5.44. The predicted octanol–water partition coefficient (Wildman–Crippen LogP) is 3.78. The molecule has 0 unspecified atom stereocenters. The monoisotopic (exact) mass is 347 g/mol. The minimum Gasteiger partial charge on any atom is -0.492 e. The summed E-state index contributed by atoms with van der Waals surface area (Å²) in [6.45, 7) is 8.61. The third-order valence-electron chi connectivity index (χ3n) is 3.98. The first kappa shape index (κ1) is 18.5. The fourth-order valence-corrected chi connectivity index (χ4v) is 3.37. The normalized spacial score (nSPS) is 11.7. The van der Waals surface area contributed by atoms with Crippen LogP contribution in [0.3, 0.4) is 0 Å². The zero-order chi connectivity index (χ0) is 17.7. The number of sulfonamides is 1. The predicted molar refractivity (Wildman–Crippen MR) is 97.1 cm³/mol. The van der Waals surface area contributed by atoms with Crippen LogP contribution in [0.4, 0.5) is 0 Å². The van der Waals surface area contributed by atoms with Crippen molar-refractivity contribution >= 4 is 10.0 Å². The summed E-state index contributed by atoms with van der Waals surface area (Å²) in [6.07, 6.45) is 0. The summed E-state index contributed by atoms with van der Waals surface area (Å²) in [6, 6.07) is 13.0. The first-order chi connectivity index (χ1) is 11.3. The highest BCUT2D eigenvalue weighted by atomic mass is 32.2. The van der Waals surface area contributed by atoms with Gasteiger partial charge in [-0.1, -0.05) is 32.0 Å². The van der Waals surface area contributed by atoms with Crippen molar-refractivity contribution in [1.29, 1.82) is 0 Å². The number of hydrogen-bond acceptors (Lipinski definition) is 3. The molecule has 0 radical (unpaired) electrons. The largest absolute Gasteiger partial charge is 0.492 e. The highest BCUT2D eigenvalue weighted by Crippen LogP contribution is 2.20. The Morgan fingerprint density at radius 1 is 1.04 bits per heavy atom. The molecule has 2 aromatic carbocycles. The molecule has 0 heterocycles. The molecule has 0 aliphatic rings. The minimum atomic E-state index is -3.51. The Hall–Kier alpha value is -1.85. The average molecular weight is 347 g/mol. The molecule has 0 aliphatic heterocycles. The summed E-state index contributed by atoms with van der Waals surface area (Å²) < 4.78 is 32.8. The maximum absolute atomic E-state index is 12.3. The van der Waals surface area contributed by atoms with Gasteiger partial charge in [0.25, 0.3) is 0 Å². The Morgan fingerprint density at radius 3 is 2.46 bits per heavy atom. The van der Waals surface area contributed by atoms with E-state index < -0.39 is 10.0 Å². The second-order valence-corrected chi connectivity index (χ2v) is 7.99. The number of hydrogen-bond donors (Lipinski definition) is 1. The van der Waals surface area contributed by atoms with Gasteiger partial charge in [-0.25, -0.2) is 13.1 Å². The van der Waals surface area contributed by atoms with E-state index in [2.05, 4.69) is 24.6 Å². The average Bonchev–Trinajstić information content (AvgIpc) is 2.54. The van der Waals surface area contributed by atoms with Crippen molar-refractivity contribution in [2.45, 2.75) is 38.5 Å². The molecule has 0 bridgehead atoms. The van der Waals surface area contributed by atoms with Crippen LogP contribution in [-0.4, -0.2) is 21.6 Å². The van der Waals surface area contributed by atoms with Crippen LogP contribution in [0.5, 0.6) is 5.75 Å². The Kier molecular flexibility index (Phi) is 6.02. The van der Waals surface area contributed by atoms with E-state index in [9.17, 15) is 8.42 Å². The summed E-state index contributed by atoms with van der Waals surface area (Å²) in [5.74, 6) is 1.18. The van der Waals surface area contributed by atoms with E-state index in [1.807, 2.05) is 38.1 Å². The summed E-state index contributed by atoms with van der Waals surface area (Å²) in [4.78, 5) is 0.285. The topological polar surface area (TPSA) is 55.4 Å². The highest BCUT2D eigenvalue weighted by molar-refractivity contribution is 7.89. The van der Waals surface area contributed by atoms with Gasteiger partial charge in [0.05, 0.1) is 4.90 Å². The molecular formula is C19H25NO3S. The van der Waals surface area contributed by atoms with Crippen molar-refractivity contribution in [1.82, 2.24) is 4.72 Å². The van der Waals surface area contributed by atoms with Crippen molar-refractivity contribution in [3.05, 3.63) is 59.2 Å². The standard InChI is InChI=1S/C19H25NO3S/c1-14(2)17-6-5-7-18(13-17)23-11-10-20-24(21,22)19-9-8-15(3)16(4)12-19/h5-9,12-14,20H,10-11H2,1-4H3. The Labute approximate surface area is 144 Å². The number of rotatable bonds is 7. The van der Waals surface area contributed by atoms with Crippen LogP contribution < -0.4 is 9.46 Å². The van der Waals surface area contributed by atoms with Gasteiger partial charge in [0.2, 0.25) is 10.0 Å². The lowest BCUT2D eigenvalue weighted by atomic mass is 10.0. The van der Waals surface area contributed by atoms with Crippen molar-refractivity contribution < 1.29 is 13.2 Å². The van der Waals surface area contributed by atoms with Gasteiger partial charge in [0, 0.05) is 6.54 Å². The molecule has 0 aromatic heterocycles. The molecule has 4 nitrogen and oxygen atoms in total. The van der Waals surface area contributed by atoms with E-state index in [0.29, 0.717) is 5.92 Å². The number of benzene rings is 2. The zero-order valence-corrected chi connectivity index (χ0v) is 15.5. The number of ether oxygens (including phenoxy) is 1. The molecular weight excluding hydrogens is 322 g/mol. The van der Waals surface area contributed by atoms with E-state index in [1.165, 1.54) is 5.56 Å². The molecule has 0 aliphatic carbocycles. The van der Waals surface area contributed by atoms with Gasteiger partial charge in [-0.05, 0) is 60.7 Å². The molecule has 0 fully saturated rings. The minimum absolute atomic E-state index is 0.223. The van der Waals surface area contributed by atoms with Gasteiger partial charge in [-0.3, -0.25) is 0 Å². The van der Waals surface area contributed by atoms with E-state index in [0.717, 1.165) is 16.9 Å². The maximum atomic E-state index is 12.3. The van der Waals surface area contributed by atoms with Crippen LogP contribution in [0.2, 0.25) is 0 Å². The zero-order valence-electron chi connectivity index (χ0n) is 14.7. The van der Waals surface area contributed by atoms with Crippen LogP contribution in [0.1, 0.15) is 36.5 Å². The lowest BCUT2D eigenvalue weighted by Crippen LogP contribution is -2.28. The molecule has 0 saturated carbocycles. The second kappa shape index (κ2) is 7.81. The second-order valence-electron chi connectivity index (χ2n) is 6.22. The van der Waals surface area contributed by atoms with Crippen molar-refractivity contribution in [2.24, 2.45) is 0 Å². The van der Waals surface area contributed by atoms with Crippen LogP contribution in [0, 0.1) is 13.8 Å². The first-order valence-electron chi connectivity index (χ1n) is 8.09. The van der Waals surface area contributed by atoms with Crippen molar-refractivity contribution in [2.75, 3.05) is 13.2 Å². The number of nitrogens with one attached hydrogen (secondary N) is 1. The summed E-state index contributed by atoms with van der Waals surface area (Å²) in [5, 5.41) is 0. The lowest BCUT2D eigenvalue weighted by molar-refractivity contribution is 0.322. The summed E-state index contributed by atoms with van der Waals surface area (Å²) >= 11 is 0. The molecule has 130 valence electrons. The molecule has 0 atom stereocenters. The van der Waals surface area contributed by atoms with Crippen molar-refractivity contribution in [3.8, 4) is 5.75 Å². The third kappa shape index (κ3) is 4.82. The molecule has 2 aromatic rings. The fraction of sp³-hybridized carbons (Fsp3) is 0.368. The van der Waals surface area contributed by atoms with Crippen molar-refractivity contribution in [3.63, 3.8) is 0 Å². The molecule has 0 saturated heterocycles. The SMILES string of the molecule is Cc1ccc(S(=O)(=O)NCCOc2cccc(C(C)C)c2)cc1C. The lowest BCUT2D eigenvalue weighted by Gasteiger charge is -2.11. The van der Waals surface area contributed by atoms with Gasteiger partial charge in [0.1, 0.15) is 12.4 Å². The van der Waals surface area contributed by atoms with Gasteiger partial charge in [-0.2, -0.15) is 0 Å². The van der Waals surface area contributed by atoms with Crippen LogP contribution in [0.15, 0.2) is 47.4 Å². The molecule has 2 rings (SSSR count). The van der Waals surface area contributed by atoms with E-state index in [1.54, 1.807) is 12.1 Å². The maximum Gasteiger partial charge on any atom is 0.240 e. The molecule has 24 heavy (non-hydrogen) atoms. The van der Waals surface area contributed by atoms with E-state index in [4.69, 9.17) is 4.74 Å². The molecule has 1 N–H and O–H groups in total. The van der Waals surface area contributed by atoms with Crippen LogP contribution >= 0.6 is 0 Å².